The molecule has 88 valence electrons. The van der Waals surface area contributed by atoms with Gasteiger partial charge in [-0.1, -0.05) is 12.2 Å². The fourth-order valence-corrected chi connectivity index (χ4v) is 1.84. The third-order valence-electron chi connectivity index (χ3n) is 2.29. The monoisotopic (exact) mass is 248 g/mol. The Morgan fingerprint density at radius 3 is 2.65 bits per heavy atom. The van der Waals surface area contributed by atoms with Crippen LogP contribution < -0.4 is 11.1 Å². The number of thiocarbonyl (C=S) groups is 1. The molecule has 0 aliphatic carbocycles. The zero-order chi connectivity index (χ0) is 12.4. The van der Waals surface area contributed by atoms with Gasteiger partial charge < -0.3 is 11.1 Å². The first-order valence-corrected chi connectivity index (χ1v) is 5.36. The van der Waals surface area contributed by atoms with E-state index in [-0.39, 0.29) is 0 Å². The van der Waals surface area contributed by atoms with Gasteiger partial charge in [0, 0.05) is 7.05 Å². The van der Waals surface area contributed by atoms with Crippen LogP contribution in [-0.4, -0.2) is 24.7 Å². The maximum absolute atomic E-state index is 5.69. The van der Waals surface area contributed by atoms with Crippen molar-refractivity contribution in [1.29, 1.82) is 0 Å². The molecule has 0 amide bonds. The molecule has 7 heteroatoms. The standard InChI is InChI=1S/C10H12N6S/c1-6-8(9(11)17)10(16(2)15-6)14-7-3-12-5-13-4-7/h3-5,14H,1-2H3,(H2,11,17). The summed E-state index contributed by atoms with van der Waals surface area (Å²) in [5, 5.41) is 7.43. The Kier molecular flexibility index (Phi) is 3.01. The molecular formula is C10H12N6S. The van der Waals surface area contributed by atoms with Crippen molar-refractivity contribution in [3.8, 4) is 0 Å². The van der Waals surface area contributed by atoms with E-state index in [9.17, 15) is 0 Å². The van der Waals surface area contributed by atoms with Crippen LogP contribution in [0.3, 0.4) is 0 Å². The van der Waals surface area contributed by atoms with E-state index < -0.39 is 0 Å². The molecule has 0 saturated heterocycles. The van der Waals surface area contributed by atoms with E-state index >= 15 is 0 Å². The van der Waals surface area contributed by atoms with Crippen molar-refractivity contribution in [1.82, 2.24) is 19.7 Å². The van der Waals surface area contributed by atoms with Crippen LogP contribution in [0, 0.1) is 6.92 Å². The van der Waals surface area contributed by atoms with Gasteiger partial charge >= 0.3 is 0 Å². The van der Waals surface area contributed by atoms with E-state index in [1.807, 2.05) is 14.0 Å². The third-order valence-corrected chi connectivity index (χ3v) is 2.50. The molecular weight excluding hydrogens is 236 g/mol. The molecule has 2 aromatic rings. The fourth-order valence-electron chi connectivity index (χ4n) is 1.60. The molecule has 3 N–H and O–H groups in total. The Morgan fingerprint density at radius 1 is 1.41 bits per heavy atom. The summed E-state index contributed by atoms with van der Waals surface area (Å²) < 4.78 is 1.69. The van der Waals surface area contributed by atoms with Gasteiger partial charge in [0.15, 0.2) is 0 Å². The normalized spacial score (nSPS) is 10.2. The molecule has 0 spiro atoms. The fraction of sp³-hybridized carbons (Fsp3) is 0.200. The maximum atomic E-state index is 5.69. The Bertz CT molecular complexity index is 547. The molecule has 0 atom stereocenters. The lowest BCUT2D eigenvalue weighted by molar-refractivity contribution is 0.764. The molecule has 0 fully saturated rings. The van der Waals surface area contributed by atoms with Crippen LogP contribution in [0.1, 0.15) is 11.3 Å². The van der Waals surface area contributed by atoms with Crippen molar-refractivity contribution in [2.45, 2.75) is 6.92 Å². The lowest BCUT2D eigenvalue weighted by Crippen LogP contribution is -2.13. The summed E-state index contributed by atoms with van der Waals surface area (Å²) in [5.74, 6) is 0.741. The summed E-state index contributed by atoms with van der Waals surface area (Å²) in [6.45, 7) is 1.86. The second-order valence-electron chi connectivity index (χ2n) is 3.55. The number of hydrogen-bond acceptors (Lipinski definition) is 5. The van der Waals surface area contributed by atoms with Crippen LogP contribution in [0.5, 0.6) is 0 Å². The highest BCUT2D eigenvalue weighted by molar-refractivity contribution is 7.80. The number of nitrogens with two attached hydrogens (primary N) is 1. The van der Waals surface area contributed by atoms with Gasteiger partial charge in [-0.2, -0.15) is 5.10 Å². The Labute approximate surface area is 104 Å². The molecule has 0 saturated carbocycles. The van der Waals surface area contributed by atoms with E-state index in [0.717, 1.165) is 22.8 Å². The quantitative estimate of drug-likeness (QED) is 0.785. The number of nitrogens with one attached hydrogen (secondary N) is 1. The highest BCUT2D eigenvalue weighted by Gasteiger charge is 2.15. The first-order chi connectivity index (χ1) is 8.09. The molecule has 2 rings (SSSR count). The van der Waals surface area contributed by atoms with Gasteiger partial charge in [-0.05, 0) is 6.92 Å². The summed E-state index contributed by atoms with van der Waals surface area (Å²) in [7, 11) is 1.82. The largest absolute Gasteiger partial charge is 0.389 e. The molecule has 0 radical (unpaired) electrons. The van der Waals surface area contributed by atoms with Crippen LogP contribution >= 0.6 is 12.2 Å². The number of aromatic nitrogens is 4. The average molecular weight is 248 g/mol. The van der Waals surface area contributed by atoms with Crippen LogP contribution in [0.25, 0.3) is 0 Å². The number of rotatable bonds is 3. The van der Waals surface area contributed by atoms with Gasteiger partial charge in [0.25, 0.3) is 0 Å². The highest BCUT2D eigenvalue weighted by Crippen LogP contribution is 2.22. The van der Waals surface area contributed by atoms with Crippen LogP contribution in [0.4, 0.5) is 11.5 Å². The third kappa shape index (κ3) is 2.23. The minimum Gasteiger partial charge on any atom is -0.389 e. The molecule has 0 aliphatic heterocycles. The number of hydrogen-bond donors (Lipinski definition) is 2. The van der Waals surface area contributed by atoms with Gasteiger partial charge in [0.05, 0.1) is 29.3 Å². The summed E-state index contributed by atoms with van der Waals surface area (Å²) >= 11 is 5.02. The second kappa shape index (κ2) is 4.46. The van der Waals surface area contributed by atoms with Crippen LogP contribution in [0.2, 0.25) is 0 Å². The zero-order valence-electron chi connectivity index (χ0n) is 9.51. The molecule has 17 heavy (non-hydrogen) atoms. The lowest BCUT2D eigenvalue weighted by Gasteiger charge is -2.07. The first kappa shape index (κ1) is 11.5. The topological polar surface area (TPSA) is 81.7 Å². The zero-order valence-corrected chi connectivity index (χ0v) is 10.3. The van der Waals surface area contributed by atoms with Crippen LogP contribution in [0.15, 0.2) is 18.7 Å². The smallest absolute Gasteiger partial charge is 0.139 e. The summed E-state index contributed by atoms with van der Waals surface area (Å²) in [4.78, 5) is 8.16. The Hall–Kier alpha value is -2.02. The van der Waals surface area contributed by atoms with Crippen molar-refractivity contribution in [3.05, 3.63) is 30.0 Å². The predicted octanol–water partition coefficient (Wildman–Crippen LogP) is 0.896. The lowest BCUT2D eigenvalue weighted by atomic mass is 10.2. The van der Waals surface area contributed by atoms with Crippen molar-refractivity contribution in [3.63, 3.8) is 0 Å². The molecule has 2 aromatic heterocycles. The minimum absolute atomic E-state index is 0.315. The minimum atomic E-state index is 0.315. The number of nitrogens with zero attached hydrogens (tertiary/aromatic N) is 4. The number of anilines is 2. The summed E-state index contributed by atoms with van der Waals surface area (Å²) in [6, 6.07) is 0. The van der Waals surface area contributed by atoms with Crippen molar-refractivity contribution < 1.29 is 0 Å². The van der Waals surface area contributed by atoms with E-state index in [0.29, 0.717) is 4.99 Å². The van der Waals surface area contributed by atoms with Crippen molar-refractivity contribution in [2.75, 3.05) is 5.32 Å². The summed E-state index contributed by atoms with van der Waals surface area (Å²) in [5.41, 5.74) is 7.98. The first-order valence-electron chi connectivity index (χ1n) is 4.95. The SMILES string of the molecule is Cc1nn(C)c(Nc2cncnc2)c1C(N)=S. The van der Waals surface area contributed by atoms with Gasteiger partial charge in [0.2, 0.25) is 0 Å². The van der Waals surface area contributed by atoms with Crippen LogP contribution in [-0.2, 0) is 7.05 Å². The molecule has 2 heterocycles. The predicted molar refractivity (Wildman–Crippen MR) is 69.1 cm³/mol. The van der Waals surface area contributed by atoms with Gasteiger partial charge in [-0.25, -0.2) is 9.97 Å². The Balaban J connectivity index is 2.42. The van der Waals surface area contributed by atoms with E-state index in [2.05, 4.69) is 20.4 Å². The molecule has 0 aliphatic rings. The average Bonchev–Trinajstić information content (AvgIpc) is 2.55. The van der Waals surface area contributed by atoms with Gasteiger partial charge in [0.1, 0.15) is 17.1 Å². The van der Waals surface area contributed by atoms with E-state index in [1.165, 1.54) is 6.33 Å². The molecule has 0 unspecified atom stereocenters. The molecule has 0 bridgehead atoms. The molecule has 6 nitrogen and oxygen atoms in total. The van der Waals surface area contributed by atoms with Gasteiger partial charge in [-0.3, -0.25) is 4.68 Å². The van der Waals surface area contributed by atoms with E-state index in [1.54, 1.807) is 17.1 Å². The molecule has 0 aromatic carbocycles. The highest BCUT2D eigenvalue weighted by atomic mass is 32.1. The van der Waals surface area contributed by atoms with Gasteiger partial charge in [-0.15, -0.1) is 0 Å². The van der Waals surface area contributed by atoms with E-state index in [4.69, 9.17) is 18.0 Å². The van der Waals surface area contributed by atoms with Crippen molar-refractivity contribution >= 4 is 28.7 Å². The maximum Gasteiger partial charge on any atom is 0.139 e. The Morgan fingerprint density at radius 2 is 2.06 bits per heavy atom. The number of aryl methyl sites for hydroxylation is 2. The van der Waals surface area contributed by atoms with Crippen molar-refractivity contribution in [2.24, 2.45) is 12.8 Å². The second-order valence-corrected chi connectivity index (χ2v) is 3.99. The summed E-state index contributed by atoms with van der Waals surface area (Å²) in [6.07, 6.45) is 4.80.